The highest BCUT2D eigenvalue weighted by Crippen LogP contribution is 2.24. The number of hydrogen-bond acceptors (Lipinski definition) is 6. The average molecular weight is 294 g/mol. The summed E-state index contributed by atoms with van der Waals surface area (Å²) < 4.78 is 11.1. The van der Waals surface area contributed by atoms with Gasteiger partial charge in [-0.1, -0.05) is 0 Å². The van der Waals surface area contributed by atoms with Crippen LogP contribution in [0.15, 0.2) is 6.07 Å². The predicted octanol–water partition coefficient (Wildman–Crippen LogP) is 1.92. The number of nitrogens with zero attached hydrogens (tertiary/aromatic N) is 3. The van der Waals surface area contributed by atoms with Crippen LogP contribution in [-0.2, 0) is 11.3 Å². The Bertz CT molecular complexity index is 438. The fourth-order valence-corrected chi connectivity index (χ4v) is 2.07. The molecule has 0 spiro atoms. The van der Waals surface area contributed by atoms with E-state index in [-0.39, 0.29) is 0 Å². The average Bonchev–Trinajstić information content (AvgIpc) is 3.30. The van der Waals surface area contributed by atoms with Crippen molar-refractivity contribution < 1.29 is 9.47 Å². The molecule has 1 heterocycles. The van der Waals surface area contributed by atoms with Crippen LogP contribution in [0.25, 0.3) is 0 Å². The van der Waals surface area contributed by atoms with E-state index in [4.69, 9.17) is 9.47 Å². The van der Waals surface area contributed by atoms with Crippen LogP contribution in [0.1, 0.15) is 32.5 Å². The van der Waals surface area contributed by atoms with Gasteiger partial charge >= 0.3 is 0 Å². The van der Waals surface area contributed by atoms with Crippen molar-refractivity contribution in [2.24, 2.45) is 0 Å². The molecule has 2 rings (SSSR count). The molecule has 1 aliphatic rings. The zero-order valence-electron chi connectivity index (χ0n) is 13.3. The maximum atomic E-state index is 5.77. The molecule has 0 unspecified atom stereocenters. The van der Waals surface area contributed by atoms with E-state index in [1.807, 2.05) is 19.9 Å². The van der Waals surface area contributed by atoms with Gasteiger partial charge in [0.2, 0.25) is 5.88 Å². The van der Waals surface area contributed by atoms with Crippen molar-refractivity contribution in [1.82, 2.24) is 14.9 Å². The van der Waals surface area contributed by atoms with Crippen molar-refractivity contribution in [3.63, 3.8) is 0 Å². The van der Waals surface area contributed by atoms with E-state index >= 15 is 0 Å². The van der Waals surface area contributed by atoms with Crippen LogP contribution in [0.3, 0.4) is 0 Å². The molecule has 1 fully saturated rings. The molecule has 0 atom stereocenters. The smallest absolute Gasteiger partial charge is 0.218 e. The summed E-state index contributed by atoms with van der Waals surface area (Å²) in [5, 5.41) is 3.20. The van der Waals surface area contributed by atoms with Crippen LogP contribution in [0.4, 0.5) is 5.82 Å². The molecule has 1 aromatic rings. The molecule has 6 heteroatoms. The lowest BCUT2D eigenvalue weighted by atomic mass is 10.5. The summed E-state index contributed by atoms with van der Waals surface area (Å²) in [4.78, 5) is 11.1. The summed E-state index contributed by atoms with van der Waals surface area (Å²) >= 11 is 0. The van der Waals surface area contributed by atoms with E-state index < -0.39 is 0 Å². The number of hydrogen-bond donors (Lipinski definition) is 1. The Morgan fingerprint density at radius 3 is 2.81 bits per heavy atom. The first-order valence-corrected chi connectivity index (χ1v) is 7.75. The van der Waals surface area contributed by atoms with Crippen molar-refractivity contribution >= 4 is 5.82 Å². The van der Waals surface area contributed by atoms with Crippen molar-refractivity contribution in [3.05, 3.63) is 11.9 Å². The van der Waals surface area contributed by atoms with Gasteiger partial charge in [0.25, 0.3) is 0 Å². The maximum absolute atomic E-state index is 5.77. The Hall–Kier alpha value is -1.40. The third-order valence-corrected chi connectivity index (χ3v) is 3.41. The fourth-order valence-electron chi connectivity index (χ4n) is 2.07. The Kier molecular flexibility index (Phi) is 6.20. The largest absolute Gasteiger partial charge is 0.476 e. The molecule has 1 saturated carbocycles. The summed E-state index contributed by atoms with van der Waals surface area (Å²) in [5.41, 5.74) is 0. The number of ether oxygens (including phenoxy) is 2. The van der Waals surface area contributed by atoms with E-state index in [0.29, 0.717) is 31.5 Å². The minimum atomic E-state index is 0.411. The second kappa shape index (κ2) is 8.14. The Morgan fingerprint density at radius 1 is 1.33 bits per heavy atom. The lowest BCUT2D eigenvalue weighted by molar-refractivity contribution is 0.127. The zero-order chi connectivity index (χ0) is 15.1. The first-order valence-electron chi connectivity index (χ1n) is 7.75. The fraction of sp³-hybridized carbons (Fsp3) is 0.733. The van der Waals surface area contributed by atoms with E-state index in [0.717, 1.165) is 24.9 Å². The van der Waals surface area contributed by atoms with Gasteiger partial charge in [-0.3, -0.25) is 0 Å². The van der Waals surface area contributed by atoms with E-state index in [1.54, 1.807) is 0 Å². The minimum absolute atomic E-state index is 0.411. The first-order chi connectivity index (χ1) is 10.2. The summed E-state index contributed by atoms with van der Waals surface area (Å²) in [7, 11) is 2.14. The SMILES string of the molecule is CCNc1cc(OCCN(C)C2CC2)nc(COCC)n1. The molecule has 0 aliphatic heterocycles. The summed E-state index contributed by atoms with van der Waals surface area (Å²) in [5.74, 6) is 2.05. The van der Waals surface area contributed by atoms with E-state index in [1.165, 1.54) is 12.8 Å². The molecule has 118 valence electrons. The van der Waals surface area contributed by atoms with Gasteiger partial charge in [-0.15, -0.1) is 0 Å². The predicted molar refractivity (Wildman–Crippen MR) is 82.7 cm³/mol. The molecule has 0 radical (unpaired) electrons. The topological polar surface area (TPSA) is 59.5 Å². The Morgan fingerprint density at radius 2 is 2.14 bits per heavy atom. The molecule has 0 saturated heterocycles. The number of nitrogens with one attached hydrogen (secondary N) is 1. The number of likely N-dealkylation sites (N-methyl/N-ethyl adjacent to an activating group) is 1. The Balaban J connectivity index is 1.90. The molecule has 0 aromatic carbocycles. The molecule has 0 amide bonds. The third-order valence-electron chi connectivity index (χ3n) is 3.41. The lowest BCUT2D eigenvalue weighted by Gasteiger charge is -2.16. The van der Waals surface area contributed by atoms with Crippen LogP contribution in [0.5, 0.6) is 5.88 Å². The van der Waals surface area contributed by atoms with Gasteiger partial charge < -0.3 is 19.7 Å². The summed E-state index contributed by atoms with van der Waals surface area (Å²) in [6.07, 6.45) is 2.63. The lowest BCUT2D eigenvalue weighted by Crippen LogP contribution is -2.26. The highest BCUT2D eigenvalue weighted by molar-refractivity contribution is 5.38. The van der Waals surface area contributed by atoms with Gasteiger partial charge in [0, 0.05) is 31.8 Å². The zero-order valence-corrected chi connectivity index (χ0v) is 13.3. The quantitative estimate of drug-likeness (QED) is 0.711. The van der Waals surface area contributed by atoms with Gasteiger partial charge in [-0.05, 0) is 33.7 Å². The van der Waals surface area contributed by atoms with E-state index in [9.17, 15) is 0 Å². The summed E-state index contributed by atoms with van der Waals surface area (Å²) in [6.45, 7) is 7.44. The number of aromatic nitrogens is 2. The molecule has 1 aliphatic carbocycles. The van der Waals surface area contributed by atoms with Gasteiger partial charge in [-0.25, -0.2) is 4.98 Å². The third kappa shape index (κ3) is 5.47. The first kappa shape index (κ1) is 16.0. The number of rotatable bonds is 10. The van der Waals surface area contributed by atoms with Crippen molar-refractivity contribution in [2.75, 3.05) is 38.7 Å². The van der Waals surface area contributed by atoms with Crippen LogP contribution in [0.2, 0.25) is 0 Å². The standard InChI is InChI=1S/C15H26N4O2/c1-4-16-13-10-15(18-14(17-13)11-20-5-2)21-9-8-19(3)12-6-7-12/h10,12H,4-9,11H2,1-3H3,(H,16,17,18). The normalized spacial score (nSPS) is 14.5. The highest BCUT2D eigenvalue weighted by atomic mass is 16.5. The molecule has 1 N–H and O–H groups in total. The van der Waals surface area contributed by atoms with Crippen LogP contribution in [-0.4, -0.2) is 54.3 Å². The summed E-state index contributed by atoms with van der Waals surface area (Å²) in [6, 6.07) is 2.60. The minimum Gasteiger partial charge on any atom is -0.476 e. The van der Waals surface area contributed by atoms with Crippen LogP contribution >= 0.6 is 0 Å². The van der Waals surface area contributed by atoms with Gasteiger partial charge in [-0.2, -0.15) is 4.98 Å². The molecule has 0 bridgehead atoms. The van der Waals surface area contributed by atoms with Gasteiger partial charge in [0.05, 0.1) is 0 Å². The maximum Gasteiger partial charge on any atom is 0.218 e. The monoisotopic (exact) mass is 294 g/mol. The second-order valence-corrected chi connectivity index (χ2v) is 5.24. The van der Waals surface area contributed by atoms with Crippen LogP contribution < -0.4 is 10.1 Å². The molecule has 1 aromatic heterocycles. The van der Waals surface area contributed by atoms with Gasteiger partial charge in [0.1, 0.15) is 19.0 Å². The second-order valence-electron chi connectivity index (χ2n) is 5.24. The van der Waals surface area contributed by atoms with Crippen molar-refractivity contribution in [3.8, 4) is 5.88 Å². The van der Waals surface area contributed by atoms with Gasteiger partial charge in [0.15, 0.2) is 5.82 Å². The number of anilines is 1. The van der Waals surface area contributed by atoms with Crippen molar-refractivity contribution in [2.45, 2.75) is 39.3 Å². The highest BCUT2D eigenvalue weighted by Gasteiger charge is 2.25. The van der Waals surface area contributed by atoms with Crippen LogP contribution in [0, 0.1) is 0 Å². The molecule has 6 nitrogen and oxygen atoms in total. The molecule has 21 heavy (non-hydrogen) atoms. The van der Waals surface area contributed by atoms with E-state index in [2.05, 4.69) is 27.2 Å². The Labute approximate surface area is 126 Å². The molecular weight excluding hydrogens is 268 g/mol. The van der Waals surface area contributed by atoms with Crippen molar-refractivity contribution in [1.29, 1.82) is 0 Å². The molecular formula is C15H26N4O2.